The SMILES string of the molecule is CCOC(=O)C1CCCCN1S(=O)(=O)c1ccc(C)c(-c2cnc3c(N)nc(C(F)(F)F)cn23)c1. The van der Waals surface area contributed by atoms with E-state index in [1.807, 2.05) is 0 Å². The second-order valence-electron chi connectivity index (χ2n) is 8.20. The van der Waals surface area contributed by atoms with Gasteiger partial charge in [0.25, 0.3) is 0 Å². The number of aromatic nitrogens is 3. The third kappa shape index (κ3) is 4.57. The molecule has 1 atom stereocenters. The highest BCUT2D eigenvalue weighted by atomic mass is 32.2. The van der Waals surface area contributed by atoms with Crippen LogP contribution in [-0.2, 0) is 25.7 Å². The molecule has 1 aliphatic heterocycles. The molecule has 4 rings (SSSR count). The molecule has 0 aliphatic carbocycles. The molecule has 188 valence electrons. The van der Waals surface area contributed by atoms with Crippen molar-refractivity contribution in [1.82, 2.24) is 18.7 Å². The molecular weight excluding hydrogens is 487 g/mol. The minimum Gasteiger partial charge on any atom is -0.465 e. The van der Waals surface area contributed by atoms with Crippen LogP contribution in [0.3, 0.4) is 0 Å². The number of aryl methyl sites for hydroxylation is 1. The summed E-state index contributed by atoms with van der Waals surface area (Å²) in [5.41, 5.74) is 5.69. The molecule has 1 fully saturated rings. The molecule has 0 bridgehead atoms. The molecule has 9 nitrogen and oxygen atoms in total. The van der Waals surface area contributed by atoms with Crippen LogP contribution in [0.2, 0.25) is 0 Å². The monoisotopic (exact) mass is 511 g/mol. The van der Waals surface area contributed by atoms with Crippen LogP contribution < -0.4 is 5.73 Å². The molecule has 0 amide bonds. The number of rotatable bonds is 5. The van der Waals surface area contributed by atoms with Crippen molar-refractivity contribution in [1.29, 1.82) is 0 Å². The number of hydrogen-bond donors (Lipinski definition) is 1. The van der Waals surface area contributed by atoms with E-state index in [9.17, 15) is 26.4 Å². The van der Waals surface area contributed by atoms with Gasteiger partial charge in [0.15, 0.2) is 17.2 Å². The minimum absolute atomic E-state index is 0.0130. The van der Waals surface area contributed by atoms with Crippen LogP contribution in [0.15, 0.2) is 35.5 Å². The number of anilines is 1. The summed E-state index contributed by atoms with van der Waals surface area (Å²) >= 11 is 0. The molecule has 2 aromatic heterocycles. The van der Waals surface area contributed by atoms with Crippen molar-refractivity contribution in [2.45, 2.75) is 50.2 Å². The van der Waals surface area contributed by atoms with Crippen molar-refractivity contribution in [2.24, 2.45) is 0 Å². The number of alkyl halides is 3. The number of nitrogen functional groups attached to an aromatic ring is 1. The number of hydrogen-bond acceptors (Lipinski definition) is 7. The number of nitrogens with zero attached hydrogens (tertiary/aromatic N) is 4. The predicted molar refractivity (Wildman–Crippen MR) is 121 cm³/mol. The van der Waals surface area contributed by atoms with Gasteiger partial charge in [0.05, 0.1) is 23.4 Å². The summed E-state index contributed by atoms with van der Waals surface area (Å²) in [6, 6.07) is 3.40. The first-order chi connectivity index (χ1) is 16.4. The predicted octanol–water partition coefficient (Wildman–Crippen LogP) is 3.41. The quantitative estimate of drug-likeness (QED) is 0.521. The van der Waals surface area contributed by atoms with E-state index in [2.05, 4.69) is 9.97 Å². The fourth-order valence-electron chi connectivity index (χ4n) is 4.19. The molecule has 0 radical (unpaired) electrons. The van der Waals surface area contributed by atoms with Gasteiger partial charge in [-0.15, -0.1) is 0 Å². The number of piperidine rings is 1. The van der Waals surface area contributed by atoms with Crippen LogP contribution in [-0.4, -0.2) is 52.3 Å². The zero-order chi connectivity index (χ0) is 25.5. The summed E-state index contributed by atoms with van der Waals surface area (Å²) in [6.45, 7) is 3.63. The van der Waals surface area contributed by atoms with Crippen LogP contribution in [0.25, 0.3) is 16.9 Å². The Labute approximate surface area is 199 Å². The molecule has 35 heavy (non-hydrogen) atoms. The van der Waals surface area contributed by atoms with Gasteiger partial charge in [-0.05, 0) is 50.8 Å². The number of benzene rings is 1. The van der Waals surface area contributed by atoms with E-state index in [-0.39, 0.29) is 29.4 Å². The molecule has 1 unspecified atom stereocenters. The smallest absolute Gasteiger partial charge is 0.434 e. The molecule has 1 saturated heterocycles. The van der Waals surface area contributed by atoms with Crippen LogP contribution in [0.1, 0.15) is 37.4 Å². The van der Waals surface area contributed by atoms with Gasteiger partial charge in [-0.1, -0.05) is 6.07 Å². The Morgan fingerprint density at radius 3 is 2.71 bits per heavy atom. The van der Waals surface area contributed by atoms with Crippen molar-refractivity contribution in [3.63, 3.8) is 0 Å². The van der Waals surface area contributed by atoms with Gasteiger partial charge in [0.2, 0.25) is 10.0 Å². The van der Waals surface area contributed by atoms with Crippen LogP contribution in [0.5, 0.6) is 0 Å². The van der Waals surface area contributed by atoms with Crippen LogP contribution in [0, 0.1) is 6.92 Å². The van der Waals surface area contributed by atoms with Gasteiger partial charge >= 0.3 is 12.1 Å². The van der Waals surface area contributed by atoms with Crippen molar-refractivity contribution < 1.29 is 31.1 Å². The number of carbonyl (C=O) groups excluding carboxylic acids is 1. The van der Waals surface area contributed by atoms with Gasteiger partial charge in [-0.2, -0.15) is 17.5 Å². The summed E-state index contributed by atoms with van der Waals surface area (Å²) < 4.78 is 74.5. The molecular formula is C22H24F3N5O4S. The molecule has 0 saturated carbocycles. The molecule has 3 heterocycles. The number of sulfonamides is 1. The molecule has 13 heteroatoms. The summed E-state index contributed by atoms with van der Waals surface area (Å²) in [5, 5.41) is 0. The number of imidazole rings is 1. The highest BCUT2D eigenvalue weighted by Crippen LogP contribution is 2.34. The lowest BCUT2D eigenvalue weighted by molar-refractivity contribution is -0.148. The minimum atomic E-state index is -4.74. The number of carbonyl (C=O) groups is 1. The average molecular weight is 512 g/mol. The number of esters is 1. The maximum atomic E-state index is 13.6. The van der Waals surface area contributed by atoms with E-state index in [4.69, 9.17) is 10.5 Å². The summed E-state index contributed by atoms with van der Waals surface area (Å²) in [7, 11) is -4.11. The Morgan fingerprint density at radius 1 is 1.29 bits per heavy atom. The van der Waals surface area contributed by atoms with E-state index < -0.39 is 39.7 Å². The van der Waals surface area contributed by atoms with E-state index in [0.717, 1.165) is 14.9 Å². The van der Waals surface area contributed by atoms with E-state index in [1.54, 1.807) is 19.9 Å². The molecule has 1 aliphatic rings. The first-order valence-corrected chi connectivity index (χ1v) is 12.4. The largest absolute Gasteiger partial charge is 0.465 e. The lowest BCUT2D eigenvalue weighted by atomic mass is 10.1. The van der Waals surface area contributed by atoms with Gasteiger partial charge in [0.1, 0.15) is 6.04 Å². The molecule has 3 aromatic rings. The summed E-state index contributed by atoms with van der Waals surface area (Å²) in [6.07, 6.45) is -1.03. The Hall–Kier alpha value is -3.19. The fraction of sp³-hybridized carbons (Fsp3) is 0.409. The van der Waals surface area contributed by atoms with Crippen molar-refractivity contribution >= 4 is 27.5 Å². The molecule has 1 aromatic carbocycles. The zero-order valence-electron chi connectivity index (χ0n) is 19.0. The maximum Gasteiger partial charge on any atom is 0.434 e. The van der Waals surface area contributed by atoms with E-state index >= 15 is 0 Å². The first kappa shape index (κ1) is 24.9. The summed E-state index contributed by atoms with van der Waals surface area (Å²) in [5.74, 6) is -1.01. The van der Waals surface area contributed by atoms with Crippen LogP contribution >= 0.6 is 0 Å². The topological polar surface area (TPSA) is 120 Å². The average Bonchev–Trinajstić information content (AvgIpc) is 3.23. The van der Waals surface area contributed by atoms with Crippen LogP contribution in [0.4, 0.5) is 19.0 Å². The normalized spacial score (nSPS) is 17.6. The third-order valence-electron chi connectivity index (χ3n) is 5.91. The van der Waals surface area contributed by atoms with Crippen molar-refractivity contribution in [3.8, 4) is 11.3 Å². The van der Waals surface area contributed by atoms with Gasteiger partial charge in [-0.25, -0.2) is 18.4 Å². The van der Waals surface area contributed by atoms with Crippen molar-refractivity contribution in [3.05, 3.63) is 41.9 Å². The van der Waals surface area contributed by atoms with Gasteiger partial charge in [-0.3, -0.25) is 9.20 Å². The summed E-state index contributed by atoms with van der Waals surface area (Å²) in [4.78, 5) is 19.8. The first-order valence-electron chi connectivity index (χ1n) is 11.0. The standard InChI is InChI=1S/C22H24F3N5O4S/c1-3-34-21(31)16-6-4-5-9-30(16)35(32,33)14-8-7-13(2)15(10-14)17-11-27-20-19(26)28-18(12-29(17)20)22(23,24)25/h7-8,10-12,16H,3-6,9H2,1-2H3,(H2,26,28). The Bertz CT molecular complexity index is 1390. The third-order valence-corrected chi connectivity index (χ3v) is 7.82. The number of nitrogens with two attached hydrogens (primary N) is 1. The number of halogens is 3. The lowest BCUT2D eigenvalue weighted by Crippen LogP contribution is -2.48. The van der Waals surface area contributed by atoms with Gasteiger partial charge in [0, 0.05) is 18.3 Å². The highest BCUT2D eigenvalue weighted by Gasteiger charge is 2.39. The number of fused-ring (bicyclic) bond motifs is 1. The number of ether oxygens (including phenoxy) is 1. The second-order valence-corrected chi connectivity index (χ2v) is 10.1. The lowest BCUT2D eigenvalue weighted by Gasteiger charge is -2.33. The van der Waals surface area contributed by atoms with E-state index in [1.165, 1.54) is 18.3 Å². The highest BCUT2D eigenvalue weighted by molar-refractivity contribution is 7.89. The fourth-order valence-corrected chi connectivity index (χ4v) is 5.86. The van der Waals surface area contributed by atoms with Gasteiger partial charge < -0.3 is 10.5 Å². The Morgan fingerprint density at radius 2 is 2.03 bits per heavy atom. The Kier molecular flexibility index (Phi) is 6.49. The Balaban J connectivity index is 1.82. The van der Waals surface area contributed by atoms with E-state index in [0.29, 0.717) is 30.4 Å². The second kappa shape index (κ2) is 9.11. The zero-order valence-corrected chi connectivity index (χ0v) is 19.9. The maximum absolute atomic E-state index is 13.6. The van der Waals surface area contributed by atoms with Crippen molar-refractivity contribution in [2.75, 3.05) is 18.9 Å². The molecule has 2 N–H and O–H groups in total. The molecule has 0 spiro atoms.